The Kier molecular flexibility index (Phi) is 5.42. The van der Waals surface area contributed by atoms with Gasteiger partial charge in [0.05, 0.1) is 18.0 Å². The number of likely N-dealkylation sites (N-methyl/N-ethyl adjacent to an activating group) is 1. The van der Waals surface area contributed by atoms with Gasteiger partial charge in [0.25, 0.3) is 5.91 Å². The fourth-order valence-electron chi connectivity index (χ4n) is 1.45. The zero-order chi connectivity index (χ0) is 13.7. The lowest BCUT2D eigenvalue weighted by Gasteiger charge is -2.18. The van der Waals surface area contributed by atoms with E-state index in [2.05, 4.69) is 0 Å². The van der Waals surface area contributed by atoms with Gasteiger partial charge >= 0.3 is 0 Å². The molecule has 1 amide bonds. The second kappa shape index (κ2) is 6.60. The summed E-state index contributed by atoms with van der Waals surface area (Å²) < 4.78 is 19.9. The van der Waals surface area contributed by atoms with Gasteiger partial charge in [0.2, 0.25) is 0 Å². The van der Waals surface area contributed by atoms with E-state index in [1.807, 2.05) is 0 Å². The Balaban J connectivity index is 2.75. The molecule has 6 nitrogen and oxygen atoms in total. The first-order valence-corrected chi connectivity index (χ1v) is 6.33. The normalized spacial score (nSPS) is 14.0. The van der Waals surface area contributed by atoms with Crippen molar-refractivity contribution in [2.75, 3.05) is 14.2 Å². The van der Waals surface area contributed by atoms with Crippen LogP contribution in [0.4, 0.5) is 0 Å². The number of hydroxylamine groups is 2. The van der Waals surface area contributed by atoms with Crippen LogP contribution in [0, 0.1) is 0 Å². The Labute approximate surface area is 108 Å². The Morgan fingerprint density at radius 1 is 1.61 bits per heavy atom. The van der Waals surface area contributed by atoms with Crippen molar-refractivity contribution in [1.29, 1.82) is 0 Å². The zero-order valence-electron chi connectivity index (χ0n) is 10.2. The Morgan fingerprint density at radius 2 is 2.28 bits per heavy atom. The van der Waals surface area contributed by atoms with Crippen LogP contribution in [0.15, 0.2) is 29.2 Å². The molecule has 1 aromatic carbocycles. The molecule has 100 valence electrons. The highest BCUT2D eigenvalue weighted by Gasteiger charge is 2.18. The number of carbonyl (C=O) groups is 1. The zero-order valence-corrected chi connectivity index (χ0v) is 11.0. The Hall–Kier alpha value is -1.28. The van der Waals surface area contributed by atoms with Crippen molar-refractivity contribution in [2.45, 2.75) is 17.4 Å². The molecule has 7 heteroatoms. The van der Waals surface area contributed by atoms with Crippen molar-refractivity contribution in [3.05, 3.63) is 29.8 Å². The molecule has 3 N–H and O–H groups in total. The summed E-state index contributed by atoms with van der Waals surface area (Å²) in [4.78, 5) is 16.7. The molecule has 0 radical (unpaired) electrons. The number of hydrogen-bond acceptors (Lipinski definition) is 4. The molecule has 18 heavy (non-hydrogen) atoms. The second-order valence-corrected chi connectivity index (χ2v) is 4.70. The molecule has 0 fully saturated rings. The molecule has 0 saturated carbocycles. The number of nitrogens with zero attached hydrogens (tertiary/aromatic N) is 1. The van der Waals surface area contributed by atoms with Gasteiger partial charge in [0.15, 0.2) is 11.1 Å². The minimum atomic E-state index is -2.04. The first kappa shape index (κ1) is 14.8. The van der Waals surface area contributed by atoms with Crippen molar-refractivity contribution in [1.82, 2.24) is 5.06 Å². The molecule has 0 bridgehead atoms. The Morgan fingerprint density at radius 3 is 2.83 bits per heavy atom. The monoisotopic (exact) mass is 272 g/mol. The molecular formula is C11H16N2O4S. The summed E-state index contributed by atoms with van der Waals surface area (Å²) >= 11 is -2.04. The van der Waals surface area contributed by atoms with Crippen LogP contribution in [0.25, 0.3) is 0 Å². The quantitative estimate of drug-likeness (QED) is 0.588. The summed E-state index contributed by atoms with van der Waals surface area (Å²) in [6.07, 6.45) is 0.275. The van der Waals surface area contributed by atoms with E-state index in [1.165, 1.54) is 20.2 Å². The molecule has 0 aliphatic carbocycles. The van der Waals surface area contributed by atoms with Gasteiger partial charge < -0.3 is 10.3 Å². The smallest absolute Gasteiger partial charge is 0.263 e. The van der Waals surface area contributed by atoms with Crippen molar-refractivity contribution >= 4 is 17.0 Å². The van der Waals surface area contributed by atoms with E-state index in [1.54, 1.807) is 18.2 Å². The van der Waals surface area contributed by atoms with Crippen molar-refractivity contribution < 1.29 is 18.4 Å². The fourth-order valence-corrected chi connectivity index (χ4v) is 1.89. The third-order valence-electron chi connectivity index (χ3n) is 2.46. The van der Waals surface area contributed by atoms with Crippen LogP contribution >= 0.6 is 0 Å². The highest BCUT2D eigenvalue weighted by Crippen LogP contribution is 2.10. The number of benzene rings is 1. The third-order valence-corrected chi connectivity index (χ3v) is 3.11. The first-order valence-electron chi connectivity index (χ1n) is 5.22. The van der Waals surface area contributed by atoms with E-state index in [9.17, 15) is 9.00 Å². The van der Waals surface area contributed by atoms with Gasteiger partial charge in [-0.1, -0.05) is 12.1 Å². The average Bonchev–Trinajstić information content (AvgIpc) is 2.37. The predicted molar refractivity (Wildman–Crippen MR) is 66.9 cm³/mol. The van der Waals surface area contributed by atoms with Crippen LogP contribution in [0.1, 0.15) is 5.56 Å². The number of rotatable bonds is 5. The molecule has 0 spiro atoms. The number of amides is 1. The SMILES string of the molecule is CON(C)C(=O)C(N)Cc1cccc(S(=O)O)c1. The summed E-state index contributed by atoms with van der Waals surface area (Å²) in [6.45, 7) is 0. The van der Waals surface area contributed by atoms with Crippen LogP contribution in [0.5, 0.6) is 0 Å². The van der Waals surface area contributed by atoms with Crippen LogP contribution < -0.4 is 5.73 Å². The van der Waals surface area contributed by atoms with Crippen molar-refractivity contribution in [3.8, 4) is 0 Å². The van der Waals surface area contributed by atoms with E-state index < -0.39 is 17.1 Å². The summed E-state index contributed by atoms with van der Waals surface area (Å²) in [5, 5.41) is 1.05. The molecule has 2 atom stereocenters. The van der Waals surface area contributed by atoms with Crippen LogP contribution in [0.2, 0.25) is 0 Å². The number of carbonyl (C=O) groups excluding carboxylic acids is 1. The number of hydrogen-bond donors (Lipinski definition) is 2. The van der Waals surface area contributed by atoms with Gasteiger partial charge in [-0.3, -0.25) is 9.63 Å². The molecule has 1 aromatic rings. The maximum absolute atomic E-state index is 11.7. The summed E-state index contributed by atoms with van der Waals surface area (Å²) in [5.41, 5.74) is 6.46. The molecule has 0 aromatic heterocycles. The second-order valence-electron chi connectivity index (χ2n) is 3.73. The van der Waals surface area contributed by atoms with Gasteiger partial charge in [0.1, 0.15) is 0 Å². The van der Waals surface area contributed by atoms with E-state index in [0.717, 1.165) is 10.6 Å². The molecule has 1 rings (SSSR count). The summed E-state index contributed by atoms with van der Waals surface area (Å²) in [7, 11) is 2.85. The Bertz CT molecular complexity index is 452. The molecule has 0 aliphatic heterocycles. The molecule has 2 unspecified atom stereocenters. The van der Waals surface area contributed by atoms with E-state index in [-0.39, 0.29) is 17.2 Å². The van der Waals surface area contributed by atoms with E-state index >= 15 is 0 Å². The van der Waals surface area contributed by atoms with E-state index in [4.69, 9.17) is 15.1 Å². The highest BCUT2D eigenvalue weighted by molar-refractivity contribution is 7.79. The predicted octanol–water partition coefficient (Wildman–Crippen LogP) is 0.157. The standard InChI is InChI=1S/C11H16N2O4S/c1-13(17-2)11(14)10(12)7-8-4-3-5-9(6-8)18(15)16/h3-6,10H,7,12H2,1-2H3,(H,15,16). The van der Waals surface area contributed by atoms with Gasteiger partial charge in [-0.25, -0.2) is 9.27 Å². The molecular weight excluding hydrogens is 256 g/mol. The lowest BCUT2D eigenvalue weighted by Crippen LogP contribution is -2.42. The molecule has 0 saturated heterocycles. The molecule has 0 heterocycles. The van der Waals surface area contributed by atoms with Crippen molar-refractivity contribution in [2.24, 2.45) is 5.73 Å². The van der Waals surface area contributed by atoms with Crippen LogP contribution in [-0.4, -0.2) is 39.9 Å². The van der Waals surface area contributed by atoms with Crippen LogP contribution in [-0.2, 0) is 27.1 Å². The maximum atomic E-state index is 11.7. The fraction of sp³-hybridized carbons (Fsp3) is 0.364. The minimum absolute atomic E-state index is 0.275. The summed E-state index contributed by atoms with van der Waals surface area (Å²) in [5.74, 6) is -0.354. The first-order chi connectivity index (χ1) is 8.45. The van der Waals surface area contributed by atoms with Crippen LogP contribution in [0.3, 0.4) is 0 Å². The van der Waals surface area contributed by atoms with Gasteiger partial charge in [-0.05, 0) is 24.1 Å². The van der Waals surface area contributed by atoms with E-state index in [0.29, 0.717) is 0 Å². The maximum Gasteiger partial charge on any atom is 0.263 e. The average molecular weight is 272 g/mol. The summed E-state index contributed by atoms with van der Waals surface area (Å²) in [6, 6.07) is 5.73. The van der Waals surface area contributed by atoms with Gasteiger partial charge in [-0.2, -0.15) is 0 Å². The van der Waals surface area contributed by atoms with Gasteiger partial charge in [-0.15, -0.1) is 0 Å². The van der Waals surface area contributed by atoms with Crippen molar-refractivity contribution in [3.63, 3.8) is 0 Å². The largest absolute Gasteiger partial charge is 0.320 e. The van der Waals surface area contributed by atoms with Gasteiger partial charge in [0, 0.05) is 7.05 Å². The topological polar surface area (TPSA) is 92.9 Å². The lowest BCUT2D eigenvalue weighted by molar-refractivity contribution is -0.170. The highest BCUT2D eigenvalue weighted by atomic mass is 32.2. The third kappa shape index (κ3) is 3.88. The molecule has 0 aliphatic rings. The minimum Gasteiger partial charge on any atom is -0.320 e. The lowest BCUT2D eigenvalue weighted by atomic mass is 10.1. The number of nitrogens with two attached hydrogens (primary N) is 1.